The summed E-state index contributed by atoms with van der Waals surface area (Å²) in [6.45, 7) is 5.22. The predicted molar refractivity (Wildman–Crippen MR) is 106 cm³/mol. The van der Waals surface area contributed by atoms with Crippen molar-refractivity contribution in [2.24, 2.45) is 0 Å². The van der Waals surface area contributed by atoms with E-state index in [-0.39, 0.29) is 5.63 Å². The summed E-state index contributed by atoms with van der Waals surface area (Å²) in [4.78, 5) is 14.3. The van der Waals surface area contributed by atoms with Gasteiger partial charge >= 0.3 is 5.63 Å². The van der Waals surface area contributed by atoms with Gasteiger partial charge in [0.1, 0.15) is 11.3 Å². The summed E-state index contributed by atoms with van der Waals surface area (Å²) in [6, 6.07) is 13.8. The molecule has 4 rings (SSSR count). The summed E-state index contributed by atoms with van der Waals surface area (Å²) in [5.74, 6) is 0.920. The average molecular weight is 414 g/mol. The van der Waals surface area contributed by atoms with Crippen LogP contribution in [0.3, 0.4) is 0 Å². The lowest BCUT2D eigenvalue weighted by atomic mass is 9.98. The van der Waals surface area contributed by atoms with Crippen LogP contribution in [0.5, 0.6) is 5.75 Å². The number of nitrogens with zero attached hydrogens (tertiary/aromatic N) is 1. The van der Waals surface area contributed by atoms with E-state index in [1.54, 1.807) is 6.07 Å². The van der Waals surface area contributed by atoms with Crippen molar-refractivity contribution in [3.05, 3.63) is 74.0 Å². The zero-order valence-electron chi connectivity index (χ0n) is 14.6. The van der Waals surface area contributed by atoms with Gasteiger partial charge in [0.2, 0.25) is 0 Å². The first-order valence-electron chi connectivity index (χ1n) is 8.81. The summed E-state index contributed by atoms with van der Waals surface area (Å²) < 4.78 is 11.9. The van der Waals surface area contributed by atoms with Crippen molar-refractivity contribution in [1.29, 1.82) is 0 Å². The molecule has 3 aromatic rings. The first-order valence-corrected chi connectivity index (χ1v) is 9.61. The lowest BCUT2D eigenvalue weighted by Gasteiger charge is -2.29. The lowest BCUT2D eigenvalue weighted by molar-refractivity contribution is 0.245. The zero-order chi connectivity index (χ0) is 18.1. The Balaban J connectivity index is 1.62. The molecule has 0 unspecified atom stereocenters. The fourth-order valence-electron chi connectivity index (χ4n) is 3.56. The van der Waals surface area contributed by atoms with Crippen molar-refractivity contribution in [1.82, 2.24) is 4.90 Å². The van der Waals surface area contributed by atoms with Crippen molar-refractivity contribution >= 4 is 26.9 Å². The molecule has 0 bridgehead atoms. The van der Waals surface area contributed by atoms with Gasteiger partial charge in [0.05, 0.1) is 6.61 Å². The molecule has 0 amide bonds. The molecule has 0 fully saturated rings. The number of fused-ring (bicyclic) bond motifs is 2. The minimum Gasteiger partial charge on any atom is -0.494 e. The maximum atomic E-state index is 12.0. The van der Waals surface area contributed by atoms with Gasteiger partial charge in [0.15, 0.2) is 0 Å². The molecule has 0 N–H and O–H groups in total. The second-order valence-electron chi connectivity index (χ2n) is 6.56. The van der Waals surface area contributed by atoms with Crippen molar-refractivity contribution < 1.29 is 9.15 Å². The molecule has 4 nitrogen and oxygen atoms in total. The first kappa shape index (κ1) is 17.3. The van der Waals surface area contributed by atoms with E-state index in [2.05, 4.69) is 33.0 Å². The fraction of sp³-hybridized carbons (Fsp3) is 0.286. The summed E-state index contributed by atoms with van der Waals surface area (Å²) in [5, 5.41) is 0.988. The van der Waals surface area contributed by atoms with E-state index in [0.717, 1.165) is 47.2 Å². The molecule has 0 saturated heterocycles. The van der Waals surface area contributed by atoms with E-state index in [1.807, 2.05) is 31.2 Å². The van der Waals surface area contributed by atoms with Gasteiger partial charge in [-0.1, -0.05) is 22.0 Å². The van der Waals surface area contributed by atoms with Crippen LogP contribution in [0.15, 0.2) is 56.1 Å². The Bertz CT molecular complexity index is 1010. The quantitative estimate of drug-likeness (QED) is 0.590. The number of ether oxygens (including phenoxy) is 1. The van der Waals surface area contributed by atoms with Gasteiger partial charge in [-0.25, -0.2) is 4.79 Å². The summed E-state index contributed by atoms with van der Waals surface area (Å²) >= 11 is 3.43. The highest BCUT2D eigenvalue weighted by Gasteiger charge is 2.18. The van der Waals surface area contributed by atoms with E-state index in [4.69, 9.17) is 9.15 Å². The molecule has 1 aromatic heterocycles. The molecular weight excluding hydrogens is 394 g/mol. The Morgan fingerprint density at radius 2 is 2.04 bits per heavy atom. The number of hydrogen-bond donors (Lipinski definition) is 0. The van der Waals surface area contributed by atoms with Crippen molar-refractivity contribution in [3.8, 4) is 5.75 Å². The van der Waals surface area contributed by atoms with Crippen LogP contribution in [0.2, 0.25) is 0 Å². The minimum atomic E-state index is -0.304. The highest BCUT2D eigenvalue weighted by molar-refractivity contribution is 9.10. The Morgan fingerprint density at radius 3 is 2.88 bits per heavy atom. The van der Waals surface area contributed by atoms with Crippen molar-refractivity contribution in [2.75, 3.05) is 13.2 Å². The lowest BCUT2D eigenvalue weighted by Crippen LogP contribution is -2.30. The van der Waals surface area contributed by atoms with E-state index < -0.39 is 0 Å². The topological polar surface area (TPSA) is 42.7 Å². The number of hydrogen-bond acceptors (Lipinski definition) is 4. The van der Waals surface area contributed by atoms with Crippen LogP contribution in [0, 0.1) is 0 Å². The van der Waals surface area contributed by atoms with Gasteiger partial charge in [-0.15, -0.1) is 0 Å². The minimum absolute atomic E-state index is 0.304. The first-order chi connectivity index (χ1) is 12.6. The normalized spacial score (nSPS) is 14.4. The maximum absolute atomic E-state index is 12.0. The van der Waals surface area contributed by atoms with Crippen LogP contribution < -0.4 is 10.4 Å². The van der Waals surface area contributed by atoms with Gasteiger partial charge in [-0.2, -0.15) is 0 Å². The second kappa shape index (κ2) is 7.25. The van der Waals surface area contributed by atoms with E-state index in [9.17, 15) is 4.79 Å². The summed E-state index contributed by atoms with van der Waals surface area (Å²) in [5.41, 5.74) is 4.01. The third-order valence-electron chi connectivity index (χ3n) is 4.77. The summed E-state index contributed by atoms with van der Waals surface area (Å²) in [6.07, 6.45) is 1.01. The molecule has 1 aliphatic rings. The largest absolute Gasteiger partial charge is 0.494 e. The Labute approximate surface area is 160 Å². The van der Waals surface area contributed by atoms with Gasteiger partial charge in [-0.3, -0.25) is 4.90 Å². The van der Waals surface area contributed by atoms with Crippen LogP contribution in [0.4, 0.5) is 0 Å². The molecule has 1 aliphatic heterocycles. The fourth-order valence-corrected chi connectivity index (χ4v) is 3.90. The number of benzene rings is 2. The van der Waals surface area contributed by atoms with Crippen molar-refractivity contribution in [3.63, 3.8) is 0 Å². The molecule has 0 aliphatic carbocycles. The second-order valence-corrected chi connectivity index (χ2v) is 7.47. The molecule has 134 valence electrons. The van der Waals surface area contributed by atoms with Crippen LogP contribution in [0.25, 0.3) is 11.0 Å². The molecule has 2 heterocycles. The molecule has 5 heteroatoms. The van der Waals surface area contributed by atoms with Crippen LogP contribution in [-0.2, 0) is 19.5 Å². The smallest absolute Gasteiger partial charge is 0.336 e. The van der Waals surface area contributed by atoms with Crippen LogP contribution >= 0.6 is 15.9 Å². The van der Waals surface area contributed by atoms with E-state index in [1.165, 1.54) is 11.1 Å². The SMILES string of the molecule is CCOc1ccc2c(c1)CN(Cc1cc(=O)oc3cc(Br)ccc13)CC2. The molecule has 0 atom stereocenters. The zero-order valence-corrected chi connectivity index (χ0v) is 16.2. The predicted octanol–water partition coefficient (Wildman–Crippen LogP) is 4.51. The molecule has 26 heavy (non-hydrogen) atoms. The van der Waals surface area contributed by atoms with Gasteiger partial charge in [-0.05, 0) is 60.4 Å². The Hall–Kier alpha value is -2.11. The monoisotopic (exact) mass is 413 g/mol. The third kappa shape index (κ3) is 3.55. The number of halogens is 1. The van der Waals surface area contributed by atoms with Gasteiger partial charge in [0, 0.05) is 35.6 Å². The van der Waals surface area contributed by atoms with Crippen molar-refractivity contribution in [2.45, 2.75) is 26.4 Å². The Kier molecular flexibility index (Phi) is 4.83. The van der Waals surface area contributed by atoms with Crippen LogP contribution in [0.1, 0.15) is 23.6 Å². The summed E-state index contributed by atoms with van der Waals surface area (Å²) in [7, 11) is 0. The standard InChI is InChI=1S/C21H20BrNO3/c1-2-25-18-5-3-14-7-8-23(12-15(14)9-18)13-16-10-21(24)26-20-11-17(22)4-6-19(16)20/h3-6,9-11H,2,7-8,12-13H2,1H3. The number of rotatable bonds is 4. The molecule has 0 saturated carbocycles. The van der Waals surface area contributed by atoms with Gasteiger partial charge < -0.3 is 9.15 Å². The Morgan fingerprint density at radius 1 is 1.15 bits per heavy atom. The van der Waals surface area contributed by atoms with Crippen LogP contribution in [-0.4, -0.2) is 18.1 Å². The van der Waals surface area contributed by atoms with E-state index >= 15 is 0 Å². The maximum Gasteiger partial charge on any atom is 0.336 e. The molecule has 0 spiro atoms. The van der Waals surface area contributed by atoms with Gasteiger partial charge in [0.25, 0.3) is 0 Å². The molecule has 0 radical (unpaired) electrons. The highest BCUT2D eigenvalue weighted by atomic mass is 79.9. The molecular formula is C21H20BrNO3. The molecule has 2 aromatic carbocycles. The average Bonchev–Trinajstić information content (AvgIpc) is 2.61. The van der Waals surface area contributed by atoms with E-state index in [0.29, 0.717) is 12.2 Å². The highest BCUT2D eigenvalue weighted by Crippen LogP contribution is 2.27. The third-order valence-corrected chi connectivity index (χ3v) is 5.26.